The van der Waals surface area contributed by atoms with Crippen LogP contribution in [-0.4, -0.2) is 51.6 Å². The molecule has 0 aliphatic carbocycles. The molecule has 32 heavy (non-hydrogen) atoms. The van der Waals surface area contributed by atoms with Crippen LogP contribution in [0.2, 0.25) is 0 Å². The Morgan fingerprint density at radius 2 is 2.00 bits per heavy atom. The van der Waals surface area contributed by atoms with E-state index in [1.165, 1.54) is 16.5 Å². The summed E-state index contributed by atoms with van der Waals surface area (Å²) < 4.78 is 2.25. The lowest BCUT2D eigenvalue weighted by Gasteiger charge is -2.12. The standard InChI is InChI=1S/C23H35N7S.HI/c1-5-24-22(26-14-12-18-15-27-20-10-7-6-9-19(18)20)25-13-8-11-21-28-29-23(31-4)30(21)16-17(2)3;/h6-7,9-10,15,17,27H,5,8,11-14,16H2,1-4H3,(H2,24,25,26);1H. The van der Waals surface area contributed by atoms with Crippen molar-refractivity contribution in [1.29, 1.82) is 0 Å². The van der Waals surface area contributed by atoms with Gasteiger partial charge in [-0.3, -0.25) is 4.99 Å². The molecule has 7 nitrogen and oxygen atoms in total. The Balaban J connectivity index is 0.00000363. The van der Waals surface area contributed by atoms with E-state index in [9.17, 15) is 0 Å². The van der Waals surface area contributed by atoms with Gasteiger partial charge in [-0.25, -0.2) is 0 Å². The number of thioether (sulfide) groups is 1. The zero-order valence-electron chi connectivity index (χ0n) is 19.5. The molecule has 0 aliphatic rings. The van der Waals surface area contributed by atoms with Crippen LogP contribution in [0, 0.1) is 5.92 Å². The Bertz CT molecular complexity index is 980. The number of halogens is 1. The highest BCUT2D eigenvalue weighted by Gasteiger charge is 2.12. The second-order valence-corrected chi connectivity index (χ2v) is 8.78. The normalized spacial score (nSPS) is 11.7. The third kappa shape index (κ3) is 7.40. The SMILES string of the molecule is CCNC(=NCCCc1nnc(SC)n1CC(C)C)NCCc1c[nH]c2ccccc12.I. The van der Waals surface area contributed by atoms with Crippen LogP contribution in [0.3, 0.4) is 0 Å². The number of benzene rings is 1. The predicted molar refractivity (Wildman–Crippen MR) is 146 cm³/mol. The van der Waals surface area contributed by atoms with Crippen LogP contribution in [0.25, 0.3) is 10.9 Å². The lowest BCUT2D eigenvalue weighted by molar-refractivity contribution is 0.477. The molecule has 3 rings (SSSR count). The molecular weight excluding hydrogens is 533 g/mol. The number of fused-ring (bicyclic) bond motifs is 1. The van der Waals surface area contributed by atoms with E-state index in [1.54, 1.807) is 11.8 Å². The fourth-order valence-electron chi connectivity index (χ4n) is 3.63. The number of hydrogen-bond acceptors (Lipinski definition) is 4. The van der Waals surface area contributed by atoms with Crippen molar-refractivity contribution >= 4 is 52.6 Å². The molecule has 0 saturated carbocycles. The Morgan fingerprint density at radius 3 is 2.75 bits per heavy atom. The topological polar surface area (TPSA) is 82.9 Å². The van der Waals surface area contributed by atoms with E-state index in [-0.39, 0.29) is 24.0 Å². The molecular formula is C23H36IN7S. The fourth-order valence-corrected chi connectivity index (χ4v) is 4.15. The van der Waals surface area contributed by atoms with E-state index in [0.717, 1.165) is 62.4 Å². The van der Waals surface area contributed by atoms with Gasteiger partial charge in [-0.05, 0) is 43.6 Å². The third-order valence-corrected chi connectivity index (χ3v) is 5.73. The zero-order valence-corrected chi connectivity index (χ0v) is 22.7. The first kappa shape index (κ1) is 26.5. The molecule has 2 aromatic heterocycles. The quantitative estimate of drug-likeness (QED) is 0.104. The predicted octanol–water partition coefficient (Wildman–Crippen LogP) is 4.49. The monoisotopic (exact) mass is 569 g/mol. The number of para-hydroxylation sites is 1. The van der Waals surface area contributed by atoms with Crippen molar-refractivity contribution in [3.8, 4) is 0 Å². The van der Waals surface area contributed by atoms with E-state index in [0.29, 0.717) is 5.92 Å². The van der Waals surface area contributed by atoms with Crippen LogP contribution >= 0.6 is 35.7 Å². The minimum absolute atomic E-state index is 0. The van der Waals surface area contributed by atoms with Gasteiger partial charge in [-0.15, -0.1) is 34.2 Å². The minimum Gasteiger partial charge on any atom is -0.361 e. The summed E-state index contributed by atoms with van der Waals surface area (Å²) in [5, 5.41) is 17.8. The van der Waals surface area contributed by atoms with E-state index < -0.39 is 0 Å². The van der Waals surface area contributed by atoms with E-state index >= 15 is 0 Å². The number of aromatic amines is 1. The van der Waals surface area contributed by atoms with Crippen LogP contribution in [-0.2, 0) is 19.4 Å². The second kappa shape index (κ2) is 13.7. The van der Waals surface area contributed by atoms with Crippen LogP contribution in [0.4, 0.5) is 0 Å². The lowest BCUT2D eigenvalue weighted by atomic mass is 10.1. The van der Waals surface area contributed by atoms with Gasteiger partial charge in [0.05, 0.1) is 0 Å². The summed E-state index contributed by atoms with van der Waals surface area (Å²) in [5.74, 6) is 2.50. The molecule has 0 fully saturated rings. The molecule has 0 amide bonds. The molecule has 0 aliphatic heterocycles. The van der Waals surface area contributed by atoms with Gasteiger partial charge in [-0.1, -0.05) is 43.8 Å². The molecule has 176 valence electrons. The number of hydrogen-bond donors (Lipinski definition) is 3. The maximum absolute atomic E-state index is 4.75. The number of H-pyrrole nitrogens is 1. The number of aliphatic imine (C=N–C) groups is 1. The average Bonchev–Trinajstić information content (AvgIpc) is 3.34. The largest absolute Gasteiger partial charge is 0.361 e. The molecule has 2 heterocycles. The van der Waals surface area contributed by atoms with Crippen molar-refractivity contribution in [3.63, 3.8) is 0 Å². The van der Waals surface area contributed by atoms with Crippen LogP contribution in [0.1, 0.15) is 38.6 Å². The summed E-state index contributed by atoms with van der Waals surface area (Å²) >= 11 is 1.66. The highest BCUT2D eigenvalue weighted by molar-refractivity contribution is 14.0. The van der Waals surface area contributed by atoms with Gasteiger partial charge >= 0.3 is 0 Å². The fraction of sp³-hybridized carbons (Fsp3) is 0.522. The van der Waals surface area contributed by atoms with Gasteiger partial charge in [0, 0.05) is 49.7 Å². The summed E-state index contributed by atoms with van der Waals surface area (Å²) in [6.07, 6.45) is 6.94. The number of aryl methyl sites for hydroxylation is 1. The Kier molecular flexibility index (Phi) is 11.4. The second-order valence-electron chi connectivity index (χ2n) is 8.01. The van der Waals surface area contributed by atoms with Gasteiger partial charge in [0.15, 0.2) is 11.1 Å². The first-order chi connectivity index (χ1) is 15.1. The minimum atomic E-state index is 0. The molecule has 1 aromatic carbocycles. The van der Waals surface area contributed by atoms with E-state index in [2.05, 4.69) is 87.9 Å². The molecule has 3 N–H and O–H groups in total. The summed E-state index contributed by atoms with van der Waals surface area (Å²) in [6, 6.07) is 8.43. The number of rotatable bonds is 11. The van der Waals surface area contributed by atoms with Crippen LogP contribution in [0.5, 0.6) is 0 Å². The molecule has 9 heteroatoms. The summed E-state index contributed by atoms with van der Waals surface area (Å²) in [7, 11) is 0. The van der Waals surface area contributed by atoms with Crippen LogP contribution in [0.15, 0.2) is 40.6 Å². The summed E-state index contributed by atoms with van der Waals surface area (Å²) in [4.78, 5) is 8.09. The highest BCUT2D eigenvalue weighted by Crippen LogP contribution is 2.18. The van der Waals surface area contributed by atoms with Gasteiger partial charge in [-0.2, -0.15) is 0 Å². The van der Waals surface area contributed by atoms with E-state index in [4.69, 9.17) is 4.99 Å². The Hall–Kier alpha value is -1.75. The number of aromatic nitrogens is 4. The molecule has 0 spiro atoms. The van der Waals surface area contributed by atoms with Gasteiger partial charge < -0.3 is 20.2 Å². The Morgan fingerprint density at radius 1 is 1.19 bits per heavy atom. The molecule has 0 radical (unpaired) electrons. The van der Waals surface area contributed by atoms with Crippen molar-refractivity contribution in [2.45, 2.75) is 51.7 Å². The Labute approximate surface area is 212 Å². The molecule has 0 unspecified atom stereocenters. The zero-order chi connectivity index (χ0) is 22.1. The first-order valence-electron chi connectivity index (χ1n) is 11.2. The number of nitrogens with zero attached hydrogens (tertiary/aromatic N) is 4. The number of nitrogens with one attached hydrogen (secondary N) is 3. The van der Waals surface area contributed by atoms with Crippen molar-refractivity contribution < 1.29 is 0 Å². The van der Waals surface area contributed by atoms with Crippen molar-refractivity contribution in [2.24, 2.45) is 10.9 Å². The van der Waals surface area contributed by atoms with Gasteiger partial charge in [0.25, 0.3) is 0 Å². The van der Waals surface area contributed by atoms with E-state index in [1.807, 2.05) is 0 Å². The smallest absolute Gasteiger partial charge is 0.191 e. The third-order valence-electron chi connectivity index (χ3n) is 5.06. The van der Waals surface area contributed by atoms with Crippen molar-refractivity contribution in [2.75, 3.05) is 25.9 Å². The van der Waals surface area contributed by atoms with Crippen LogP contribution < -0.4 is 10.6 Å². The highest BCUT2D eigenvalue weighted by atomic mass is 127. The molecule has 0 atom stereocenters. The number of guanidine groups is 1. The van der Waals surface area contributed by atoms with Crippen molar-refractivity contribution in [3.05, 3.63) is 41.9 Å². The maximum atomic E-state index is 4.75. The molecule has 3 aromatic rings. The first-order valence-corrected chi connectivity index (χ1v) is 12.4. The van der Waals surface area contributed by atoms with Gasteiger partial charge in [0.2, 0.25) is 0 Å². The maximum Gasteiger partial charge on any atom is 0.191 e. The van der Waals surface area contributed by atoms with Crippen molar-refractivity contribution in [1.82, 2.24) is 30.4 Å². The molecule has 0 saturated heterocycles. The molecule has 0 bridgehead atoms. The average molecular weight is 570 g/mol. The summed E-state index contributed by atoms with van der Waals surface area (Å²) in [5.41, 5.74) is 2.51. The summed E-state index contributed by atoms with van der Waals surface area (Å²) in [6.45, 7) is 9.94. The lowest BCUT2D eigenvalue weighted by Crippen LogP contribution is -2.38. The van der Waals surface area contributed by atoms with Gasteiger partial charge in [0.1, 0.15) is 5.82 Å².